The molecule has 0 saturated carbocycles. The molecule has 1 aromatic rings. The summed E-state index contributed by atoms with van der Waals surface area (Å²) in [5.41, 5.74) is -0.781. The van der Waals surface area contributed by atoms with Gasteiger partial charge >= 0.3 is 5.92 Å². The van der Waals surface area contributed by atoms with Crippen LogP contribution in [0.2, 0.25) is 5.02 Å². The largest absolute Gasteiger partial charge is 0.494 e. The highest BCUT2D eigenvalue weighted by Gasteiger charge is 2.36. The standard InChI is InChI=1S/C10H8ClF3O2/c1-10(13,14)9(15)6-3-5(11)4-7(16-2)8(6)12/h3-4H,1-2H3. The average molecular weight is 253 g/mol. The van der Waals surface area contributed by atoms with E-state index in [4.69, 9.17) is 11.6 Å². The minimum Gasteiger partial charge on any atom is -0.494 e. The van der Waals surface area contributed by atoms with E-state index in [2.05, 4.69) is 4.74 Å². The molecule has 0 saturated heterocycles. The summed E-state index contributed by atoms with van der Waals surface area (Å²) < 4.78 is 43.6. The van der Waals surface area contributed by atoms with E-state index in [0.717, 1.165) is 19.2 Å². The number of hydrogen-bond donors (Lipinski definition) is 0. The van der Waals surface area contributed by atoms with Crippen LogP contribution < -0.4 is 4.74 Å². The zero-order valence-corrected chi connectivity index (χ0v) is 9.24. The van der Waals surface area contributed by atoms with Gasteiger partial charge in [0.25, 0.3) is 0 Å². The van der Waals surface area contributed by atoms with Crippen molar-refractivity contribution in [2.45, 2.75) is 12.8 Å². The third-order valence-corrected chi connectivity index (χ3v) is 2.09. The number of benzene rings is 1. The van der Waals surface area contributed by atoms with Crippen LogP contribution in [0.3, 0.4) is 0 Å². The monoisotopic (exact) mass is 252 g/mol. The Hall–Kier alpha value is -1.23. The van der Waals surface area contributed by atoms with E-state index in [0.29, 0.717) is 6.92 Å². The number of halogens is 4. The predicted octanol–water partition coefficient (Wildman–Crippen LogP) is 3.33. The molecule has 0 unspecified atom stereocenters. The highest BCUT2D eigenvalue weighted by molar-refractivity contribution is 6.31. The van der Waals surface area contributed by atoms with E-state index in [1.165, 1.54) is 0 Å². The van der Waals surface area contributed by atoms with Crippen LogP contribution in [0.1, 0.15) is 17.3 Å². The highest BCUT2D eigenvalue weighted by atomic mass is 35.5. The smallest absolute Gasteiger partial charge is 0.307 e. The molecule has 1 rings (SSSR count). The molecule has 0 aromatic heterocycles. The Balaban J connectivity index is 3.34. The van der Waals surface area contributed by atoms with Crippen LogP contribution in [0.15, 0.2) is 12.1 Å². The SMILES string of the molecule is COc1cc(Cl)cc(C(=O)C(C)(F)F)c1F. The van der Waals surface area contributed by atoms with Crippen molar-refractivity contribution in [1.82, 2.24) is 0 Å². The summed E-state index contributed by atoms with van der Waals surface area (Å²) in [5.74, 6) is -6.78. The molecule has 0 aliphatic rings. The molecule has 0 bridgehead atoms. The van der Waals surface area contributed by atoms with Crippen LogP contribution in [0, 0.1) is 5.82 Å². The lowest BCUT2D eigenvalue weighted by Gasteiger charge is -2.11. The van der Waals surface area contributed by atoms with Gasteiger partial charge in [-0.1, -0.05) is 11.6 Å². The van der Waals surface area contributed by atoms with Crippen molar-refractivity contribution < 1.29 is 22.7 Å². The number of hydrogen-bond acceptors (Lipinski definition) is 2. The fraction of sp³-hybridized carbons (Fsp3) is 0.300. The van der Waals surface area contributed by atoms with Gasteiger partial charge in [0.1, 0.15) is 0 Å². The number of carbonyl (C=O) groups excluding carboxylic acids is 1. The molecular weight excluding hydrogens is 245 g/mol. The number of alkyl halides is 2. The van der Waals surface area contributed by atoms with Crippen LogP contribution >= 0.6 is 11.6 Å². The molecule has 0 radical (unpaired) electrons. The zero-order chi connectivity index (χ0) is 12.5. The molecule has 0 atom stereocenters. The first-order chi connectivity index (χ1) is 7.27. The molecule has 88 valence electrons. The van der Waals surface area contributed by atoms with E-state index >= 15 is 0 Å². The fourth-order valence-corrected chi connectivity index (χ4v) is 1.32. The van der Waals surface area contributed by atoms with Crippen molar-refractivity contribution in [3.63, 3.8) is 0 Å². The summed E-state index contributed by atoms with van der Waals surface area (Å²) in [6, 6.07) is 1.95. The number of carbonyl (C=O) groups is 1. The molecule has 0 N–H and O–H groups in total. The van der Waals surface area contributed by atoms with Gasteiger partial charge in [0.15, 0.2) is 11.6 Å². The first-order valence-corrected chi connectivity index (χ1v) is 4.61. The molecule has 0 fully saturated rings. The van der Waals surface area contributed by atoms with Gasteiger partial charge in [0.05, 0.1) is 12.7 Å². The quantitative estimate of drug-likeness (QED) is 0.772. The average Bonchev–Trinajstić information content (AvgIpc) is 2.18. The lowest BCUT2D eigenvalue weighted by atomic mass is 10.1. The van der Waals surface area contributed by atoms with Crippen molar-refractivity contribution in [3.05, 3.63) is 28.5 Å². The molecule has 2 nitrogen and oxygen atoms in total. The van der Waals surface area contributed by atoms with E-state index in [9.17, 15) is 18.0 Å². The summed E-state index contributed by atoms with van der Waals surface area (Å²) in [4.78, 5) is 11.2. The topological polar surface area (TPSA) is 26.3 Å². The Morgan fingerprint density at radius 3 is 2.44 bits per heavy atom. The molecule has 0 amide bonds. The second-order valence-electron chi connectivity index (χ2n) is 3.19. The Kier molecular flexibility index (Phi) is 3.48. The van der Waals surface area contributed by atoms with Gasteiger partial charge in [-0.05, 0) is 6.07 Å². The van der Waals surface area contributed by atoms with Crippen molar-refractivity contribution >= 4 is 17.4 Å². The highest BCUT2D eigenvalue weighted by Crippen LogP contribution is 2.29. The van der Waals surface area contributed by atoms with Crippen LogP contribution in [-0.2, 0) is 0 Å². The number of methoxy groups -OCH3 is 1. The Labute approximate surface area is 95.0 Å². The van der Waals surface area contributed by atoms with E-state index in [-0.39, 0.29) is 10.8 Å². The van der Waals surface area contributed by atoms with Gasteiger partial charge in [0.2, 0.25) is 5.78 Å². The van der Waals surface area contributed by atoms with Crippen LogP contribution in [0.25, 0.3) is 0 Å². The van der Waals surface area contributed by atoms with Gasteiger partial charge in [-0.2, -0.15) is 8.78 Å². The summed E-state index contributed by atoms with van der Waals surface area (Å²) in [7, 11) is 1.15. The number of Topliss-reactive ketones (excluding diaryl/α,β-unsaturated/α-hetero) is 1. The first kappa shape index (κ1) is 12.8. The lowest BCUT2D eigenvalue weighted by molar-refractivity contribution is 0.0217. The molecule has 0 spiro atoms. The van der Waals surface area contributed by atoms with E-state index < -0.39 is 23.1 Å². The minimum atomic E-state index is -3.66. The van der Waals surface area contributed by atoms with Crippen LogP contribution in [0.4, 0.5) is 13.2 Å². The molecule has 0 aliphatic carbocycles. The summed E-state index contributed by atoms with van der Waals surface area (Å²) in [6.07, 6.45) is 0. The van der Waals surface area contributed by atoms with Crippen molar-refractivity contribution in [1.29, 1.82) is 0 Å². The summed E-state index contributed by atoms with van der Waals surface area (Å²) in [5, 5.41) is -0.0501. The van der Waals surface area contributed by atoms with Crippen LogP contribution in [-0.4, -0.2) is 18.8 Å². The number of rotatable bonds is 3. The van der Waals surface area contributed by atoms with Gasteiger partial charge in [-0.3, -0.25) is 4.79 Å². The Morgan fingerprint density at radius 1 is 1.44 bits per heavy atom. The third-order valence-electron chi connectivity index (χ3n) is 1.87. The van der Waals surface area contributed by atoms with Crippen molar-refractivity contribution in [3.8, 4) is 5.75 Å². The molecule has 0 heterocycles. The predicted molar refractivity (Wildman–Crippen MR) is 52.9 cm³/mol. The van der Waals surface area contributed by atoms with E-state index in [1.807, 2.05) is 0 Å². The van der Waals surface area contributed by atoms with Crippen LogP contribution in [0.5, 0.6) is 5.75 Å². The molecule has 6 heteroatoms. The number of ketones is 1. The molecular formula is C10H8ClF3O2. The summed E-state index contributed by atoms with van der Waals surface area (Å²) >= 11 is 5.55. The second-order valence-corrected chi connectivity index (χ2v) is 3.62. The third kappa shape index (κ3) is 2.47. The fourth-order valence-electron chi connectivity index (χ4n) is 1.11. The van der Waals surface area contributed by atoms with E-state index in [1.54, 1.807) is 0 Å². The lowest BCUT2D eigenvalue weighted by Crippen LogP contribution is -2.25. The van der Waals surface area contributed by atoms with Crippen molar-refractivity contribution in [2.24, 2.45) is 0 Å². The Morgan fingerprint density at radius 2 is 2.00 bits per heavy atom. The molecule has 1 aromatic carbocycles. The molecule has 0 aliphatic heterocycles. The maximum absolute atomic E-state index is 13.5. The second kappa shape index (κ2) is 4.33. The first-order valence-electron chi connectivity index (χ1n) is 4.23. The van der Waals surface area contributed by atoms with Crippen molar-refractivity contribution in [2.75, 3.05) is 7.11 Å². The minimum absolute atomic E-state index is 0.0501. The van der Waals surface area contributed by atoms with Gasteiger partial charge < -0.3 is 4.74 Å². The number of ether oxygens (including phenoxy) is 1. The molecule has 16 heavy (non-hydrogen) atoms. The summed E-state index contributed by atoms with van der Waals surface area (Å²) in [6.45, 7) is 0.391. The Bertz CT molecular complexity index is 427. The van der Waals surface area contributed by atoms with Gasteiger partial charge in [-0.25, -0.2) is 4.39 Å². The zero-order valence-electron chi connectivity index (χ0n) is 8.48. The van der Waals surface area contributed by atoms with Gasteiger partial charge in [0, 0.05) is 18.0 Å². The normalized spacial score (nSPS) is 11.4. The van der Waals surface area contributed by atoms with Gasteiger partial charge in [-0.15, -0.1) is 0 Å². The maximum Gasteiger partial charge on any atom is 0.307 e. The maximum atomic E-state index is 13.5.